The van der Waals surface area contributed by atoms with Gasteiger partial charge in [-0.2, -0.15) is 0 Å². The number of benzene rings is 2. The van der Waals surface area contributed by atoms with E-state index in [-0.39, 0.29) is 5.91 Å². The summed E-state index contributed by atoms with van der Waals surface area (Å²) in [6.07, 6.45) is -0.543. The van der Waals surface area contributed by atoms with Crippen LogP contribution in [0.1, 0.15) is 25.0 Å². The minimum atomic E-state index is -0.543. The Labute approximate surface area is 137 Å². The standard InChI is InChI=1S/C19H23NO3/c1-4-22-17-11-9-16(10-12-17)13-20-19(21)15(3)23-18-8-6-5-7-14(18)2/h5-12,15H,4,13H2,1-3H3,(H,20,21). The number of ether oxygens (including phenoxy) is 2. The molecule has 0 radical (unpaired) electrons. The van der Waals surface area contributed by atoms with E-state index in [2.05, 4.69) is 5.32 Å². The van der Waals surface area contributed by atoms with E-state index in [1.807, 2.05) is 62.4 Å². The number of amides is 1. The van der Waals surface area contributed by atoms with Gasteiger partial charge in [0.05, 0.1) is 6.61 Å². The highest BCUT2D eigenvalue weighted by Crippen LogP contribution is 2.18. The molecule has 23 heavy (non-hydrogen) atoms. The van der Waals surface area contributed by atoms with E-state index in [9.17, 15) is 4.79 Å². The molecule has 0 bridgehead atoms. The lowest BCUT2D eigenvalue weighted by atomic mass is 10.2. The van der Waals surface area contributed by atoms with Gasteiger partial charge in [-0.15, -0.1) is 0 Å². The zero-order chi connectivity index (χ0) is 16.7. The summed E-state index contributed by atoms with van der Waals surface area (Å²) < 4.78 is 11.1. The molecule has 0 saturated carbocycles. The van der Waals surface area contributed by atoms with Crippen LogP contribution in [0.25, 0.3) is 0 Å². The van der Waals surface area contributed by atoms with Crippen molar-refractivity contribution in [3.63, 3.8) is 0 Å². The minimum Gasteiger partial charge on any atom is -0.494 e. The Morgan fingerprint density at radius 1 is 1.13 bits per heavy atom. The second-order valence-corrected chi connectivity index (χ2v) is 5.32. The van der Waals surface area contributed by atoms with Crippen LogP contribution in [0.3, 0.4) is 0 Å². The van der Waals surface area contributed by atoms with Crippen molar-refractivity contribution in [3.8, 4) is 11.5 Å². The van der Waals surface area contributed by atoms with Gasteiger partial charge in [-0.1, -0.05) is 30.3 Å². The summed E-state index contributed by atoms with van der Waals surface area (Å²) in [6.45, 7) is 6.76. The minimum absolute atomic E-state index is 0.137. The maximum atomic E-state index is 12.1. The number of para-hydroxylation sites is 1. The quantitative estimate of drug-likeness (QED) is 0.851. The number of rotatable bonds is 7. The highest BCUT2D eigenvalue weighted by Gasteiger charge is 2.15. The second kappa shape index (κ2) is 8.22. The predicted molar refractivity (Wildman–Crippen MR) is 90.7 cm³/mol. The van der Waals surface area contributed by atoms with Crippen molar-refractivity contribution in [2.75, 3.05) is 6.61 Å². The summed E-state index contributed by atoms with van der Waals surface area (Å²) in [5, 5.41) is 2.89. The highest BCUT2D eigenvalue weighted by molar-refractivity contribution is 5.80. The number of hydrogen-bond acceptors (Lipinski definition) is 3. The Balaban J connectivity index is 1.85. The Kier molecular flexibility index (Phi) is 6.03. The fourth-order valence-electron chi connectivity index (χ4n) is 2.14. The Bertz CT molecular complexity index is 637. The summed E-state index contributed by atoms with van der Waals surface area (Å²) in [4.78, 5) is 12.1. The summed E-state index contributed by atoms with van der Waals surface area (Å²) in [6, 6.07) is 15.4. The van der Waals surface area contributed by atoms with Crippen LogP contribution >= 0.6 is 0 Å². The molecule has 2 rings (SSSR count). The molecule has 1 N–H and O–H groups in total. The SMILES string of the molecule is CCOc1ccc(CNC(=O)C(C)Oc2ccccc2C)cc1. The van der Waals surface area contributed by atoms with Crippen LogP contribution in [0, 0.1) is 6.92 Å². The van der Waals surface area contributed by atoms with Gasteiger partial charge in [-0.25, -0.2) is 0 Å². The lowest BCUT2D eigenvalue weighted by Crippen LogP contribution is -2.36. The van der Waals surface area contributed by atoms with Crippen LogP contribution in [0.4, 0.5) is 0 Å². The maximum Gasteiger partial charge on any atom is 0.261 e. The van der Waals surface area contributed by atoms with Gasteiger partial charge >= 0.3 is 0 Å². The average molecular weight is 313 g/mol. The van der Waals surface area contributed by atoms with E-state index in [4.69, 9.17) is 9.47 Å². The first-order valence-corrected chi connectivity index (χ1v) is 7.82. The van der Waals surface area contributed by atoms with Gasteiger partial charge in [0, 0.05) is 6.54 Å². The van der Waals surface area contributed by atoms with E-state index in [1.165, 1.54) is 0 Å². The highest BCUT2D eigenvalue weighted by atomic mass is 16.5. The fourth-order valence-corrected chi connectivity index (χ4v) is 2.14. The molecule has 0 aliphatic carbocycles. The number of hydrogen-bond donors (Lipinski definition) is 1. The molecule has 1 atom stereocenters. The molecule has 0 aromatic heterocycles. The monoisotopic (exact) mass is 313 g/mol. The fraction of sp³-hybridized carbons (Fsp3) is 0.316. The molecule has 2 aromatic carbocycles. The molecule has 0 aliphatic heterocycles. The lowest BCUT2D eigenvalue weighted by Gasteiger charge is -2.16. The zero-order valence-electron chi connectivity index (χ0n) is 13.8. The molecule has 0 spiro atoms. The van der Waals surface area contributed by atoms with Crippen molar-refractivity contribution in [2.45, 2.75) is 33.4 Å². The van der Waals surface area contributed by atoms with Crippen molar-refractivity contribution in [1.82, 2.24) is 5.32 Å². The normalized spacial score (nSPS) is 11.6. The molecular formula is C19H23NO3. The van der Waals surface area contributed by atoms with Crippen molar-refractivity contribution in [2.24, 2.45) is 0 Å². The molecule has 122 valence electrons. The van der Waals surface area contributed by atoms with Gasteiger partial charge in [0.15, 0.2) is 6.10 Å². The molecule has 0 heterocycles. The van der Waals surface area contributed by atoms with Gasteiger partial charge in [0.25, 0.3) is 5.91 Å². The third-order valence-electron chi connectivity index (χ3n) is 3.47. The van der Waals surface area contributed by atoms with E-state index in [0.29, 0.717) is 13.2 Å². The average Bonchev–Trinajstić information content (AvgIpc) is 2.56. The molecule has 0 fully saturated rings. The zero-order valence-corrected chi connectivity index (χ0v) is 13.8. The molecule has 4 nitrogen and oxygen atoms in total. The van der Waals surface area contributed by atoms with Crippen LogP contribution in [0.15, 0.2) is 48.5 Å². The first-order chi connectivity index (χ1) is 11.1. The topological polar surface area (TPSA) is 47.6 Å². The van der Waals surface area contributed by atoms with E-state index in [1.54, 1.807) is 6.92 Å². The maximum absolute atomic E-state index is 12.1. The largest absolute Gasteiger partial charge is 0.494 e. The number of nitrogens with one attached hydrogen (secondary N) is 1. The van der Waals surface area contributed by atoms with Gasteiger partial charge in [-0.05, 0) is 50.1 Å². The Hall–Kier alpha value is -2.49. The number of carbonyl (C=O) groups is 1. The Morgan fingerprint density at radius 2 is 1.83 bits per heavy atom. The third kappa shape index (κ3) is 5.02. The molecular weight excluding hydrogens is 290 g/mol. The summed E-state index contributed by atoms with van der Waals surface area (Å²) >= 11 is 0. The molecule has 1 unspecified atom stereocenters. The van der Waals surface area contributed by atoms with Crippen LogP contribution in [0.5, 0.6) is 11.5 Å². The van der Waals surface area contributed by atoms with E-state index in [0.717, 1.165) is 22.6 Å². The number of carbonyl (C=O) groups excluding carboxylic acids is 1. The molecule has 1 amide bonds. The van der Waals surface area contributed by atoms with E-state index >= 15 is 0 Å². The summed E-state index contributed by atoms with van der Waals surface area (Å²) in [5.74, 6) is 1.43. The van der Waals surface area contributed by atoms with Crippen LogP contribution in [0.2, 0.25) is 0 Å². The summed E-state index contributed by atoms with van der Waals surface area (Å²) in [7, 11) is 0. The number of aryl methyl sites for hydroxylation is 1. The summed E-state index contributed by atoms with van der Waals surface area (Å²) in [5.41, 5.74) is 2.03. The van der Waals surface area contributed by atoms with Crippen LogP contribution < -0.4 is 14.8 Å². The second-order valence-electron chi connectivity index (χ2n) is 5.32. The molecule has 4 heteroatoms. The third-order valence-corrected chi connectivity index (χ3v) is 3.47. The lowest BCUT2D eigenvalue weighted by molar-refractivity contribution is -0.127. The van der Waals surface area contributed by atoms with Crippen molar-refractivity contribution in [1.29, 1.82) is 0 Å². The van der Waals surface area contributed by atoms with Crippen LogP contribution in [-0.2, 0) is 11.3 Å². The smallest absolute Gasteiger partial charge is 0.261 e. The Morgan fingerprint density at radius 3 is 2.48 bits per heavy atom. The van der Waals surface area contributed by atoms with Crippen molar-refractivity contribution >= 4 is 5.91 Å². The van der Waals surface area contributed by atoms with Crippen LogP contribution in [-0.4, -0.2) is 18.6 Å². The predicted octanol–water partition coefficient (Wildman–Crippen LogP) is 3.48. The van der Waals surface area contributed by atoms with E-state index < -0.39 is 6.10 Å². The van der Waals surface area contributed by atoms with Crippen molar-refractivity contribution in [3.05, 3.63) is 59.7 Å². The van der Waals surface area contributed by atoms with Gasteiger partial charge in [-0.3, -0.25) is 4.79 Å². The van der Waals surface area contributed by atoms with Crippen molar-refractivity contribution < 1.29 is 14.3 Å². The first kappa shape index (κ1) is 16.9. The molecule has 0 saturated heterocycles. The van der Waals surface area contributed by atoms with Gasteiger partial charge in [0.2, 0.25) is 0 Å². The van der Waals surface area contributed by atoms with Gasteiger partial charge < -0.3 is 14.8 Å². The van der Waals surface area contributed by atoms with Gasteiger partial charge in [0.1, 0.15) is 11.5 Å². The first-order valence-electron chi connectivity index (χ1n) is 7.82. The molecule has 2 aromatic rings. The molecule has 0 aliphatic rings.